The van der Waals surface area contributed by atoms with E-state index in [1.807, 2.05) is 0 Å². The van der Waals surface area contributed by atoms with E-state index in [4.69, 9.17) is 0 Å². The van der Waals surface area contributed by atoms with Crippen LogP contribution in [0.2, 0.25) is 0 Å². The predicted molar refractivity (Wildman–Crippen MR) is 49.0 cm³/mol. The van der Waals surface area contributed by atoms with E-state index in [0.717, 1.165) is 5.41 Å². The second-order valence-corrected chi connectivity index (χ2v) is 3.49. The summed E-state index contributed by atoms with van der Waals surface area (Å²) in [5, 5.41) is 0.782. The zero-order valence-electron chi connectivity index (χ0n) is 6.77. The van der Waals surface area contributed by atoms with Crippen molar-refractivity contribution < 1.29 is 12.6 Å². The summed E-state index contributed by atoms with van der Waals surface area (Å²) in [6.45, 7) is 6.70. The molecule has 4 heteroatoms. The second-order valence-electron chi connectivity index (χ2n) is 1.93. The van der Waals surface area contributed by atoms with E-state index >= 15 is 0 Å². The lowest BCUT2D eigenvalue weighted by atomic mass is 10.4. The molecule has 0 radical (unpaired) electrons. The van der Waals surface area contributed by atoms with Crippen LogP contribution in [0.15, 0.2) is 36.8 Å². The Labute approximate surface area is 73.2 Å². The quantitative estimate of drug-likeness (QED) is 0.361. The minimum Gasteiger partial charge on any atom is -0.267 e. The van der Waals surface area contributed by atoms with Crippen LogP contribution in [0.25, 0.3) is 0 Å². The van der Waals surface area contributed by atoms with E-state index in [2.05, 4.69) is 17.3 Å². The average molecular weight is 188 g/mol. The van der Waals surface area contributed by atoms with Gasteiger partial charge in [-0.25, -0.2) is 0 Å². The summed E-state index contributed by atoms with van der Waals surface area (Å²) in [5.74, 6) is 0. The number of rotatable bonds is 6. The molecule has 0 bridgehead atoms. The van der Waals surface area contributed by atoms with Gasteiger partial charge >= 0.3 is 0 Å². The highest BCUT2D eigenvalue weighted by Crippen LogP contribution is 1.95. The van der Waals surface area contributed by atoms with Gasteiger partial charge in [-0.2, -0.15) is 8.42 Å². The minimum atomic E-state index is -3.50. The van der Waals surface area contributed by atoms with Gasteiger partial charge in [0.15, 0.2) is 0 Å². The van der Waals surface area contributed by atoms with Crippen LogP contribution < -0.4 is 0 Å². The van der Waals surface area contributed by atoms with Crippen LogP contribution in [0.1, 0.15) is 6.42 Å². The van der Waals surface area contributed by atoms with Crippen LogP contribution in [-0.2, 0) is 14.3 Å². The summed E-state index contributed by atoms with van der Waals surface area (Å²) in [7, 11) is -3.50. The molecule has 0 aliphatic heterocycles. The third-order valence-corrected chi connectivity index (χ3v) is 1.91. The van der Waals surface area contributed by atoms with Crippen molar-refractivity contribution in [1.82, 2.24) is 0 Å². The van der Waals surface area contributed by atoms with Gasteiger partial charge in [-0.1, -0.05) is 31.4 Å². The Morgan fingerprint density at radius 1 is 1.33 bits per heavy atom. The molecule has 3 nitrogen and oxygen atoms in total. The maximum atomic E-state index is 10.6. The van der Waals surface area contributed by atoms with Gasteiger partial charge in [0.1, 0.15) is 0 Å². The number of allylic oxidation sites excluding steroid dienone is 2. The normalized spacial score (nSPS) is 11.7. The van der Waals surface area contributed by atoms with Gasteiger partial charge in [-0.05, 0) is 6.42 Å². The van der Waals surface area contributed by atoms with Crippen molar-refractivity contribution in [1.29, 1.82) is 0 Å². The Bertz CT molecular complexity index is 262. The van der Waals surface area contributed by atoms with Gasteiger partial charge in [-0.3, -0.25) is 4.18 Å². The van der Waals surface area contributed by atoms with Crippen LogP contribution in [0.3, 0.4) is 0 Å². The molecule has 0 atom stereocenters. The summed E-state index contributed by atoms with van der Waals surface area (Å²) in [4.78, 5) is 0. The number of hydrogen-bond acceptors (Lipinski definition) is 3. The lowest BCUT2D eigenvalue weighted by Gasteiger charge is -1.96. The zero-order valence-corrected chi connectivity index (χ0v) is 7.59. The van der Waals surface area contributed by atoms with Crippen molar-refractivity contribution in [3.63, 3.8) is 0 Å². The lowest BCUT2D eigenvalue weighted by molar-refractivity contribution is 0.331. The Morgan fingerprint density at radius 2 is 2.00 bits per heavy atom. The molecule has 0 amide bonds. The van der Waals surface area contributed by atoms with Gasteiger partial charge in [0.25, 0.3) is 10.1 Å². The molecule has 0 aliphatic rings. The molecule has 68 valence electrons. The van der Waals surface area contributed by atoms with E-state index < -0.39 is 10.1 Å². The number of hydrogen-bond donors (Lipinski definition) is 0. The summed E-state index contributed by atoms with van der Waals surface area (Å²) in [6, 6.07) is 0. The molecule has 0 aromatic heterocycles. The summed E-state index contributed by atoms with van der Waals surface area (Å²) < 4.78 is 25.8. The molecular weight excluding hydrogens is 176 g/mol. The summed E-state index contributed by atoms with van der Waals surface area (Å²) >= 11 is 0. The summed E-state index contributed by atoms with van der Waals surface area (Å²) in [5.41, 5.74) is 0. The first-order valence-corrected chi connectivity index (χ1v) is 4.89. The van der Waals surface area contributed by atoms with E-state index in [0.29, 0.717) is 6.42 Å². The predicted octanol–water partition coefficient (Wildman–Crippen LogP) is 1.61. The van der Waals surface area contributed by atoms with E-state index in [1.165, 1.54) is 0 Å². The van der Waals surface area contributed by atoms with Gasteiger partial charge in [-0.15, -0.1) is 0 Å². The largest absolute Gasteiger partial charge is 0.289 e. The molecule has 0 N–H and O–H groups in total. The highest BCUT2D eigenvalue weighted by molar-refractivity contribution is 7.89. The monoisotopic (exact) mass is 188 g/mol. The molecular formula is C8H12O3S. The standard InChI is InChI=1S/C8H12O3S/c1-3-5-6-7-8-11-12(9,10)4-2/h3-6H,1-2,7-8H2/b6-5+. The van der Waals surface area contributed by atoms with Gasteiger partial charge in [0, 0.05) is 0 Å². The smallest absolute Gasteiger partial charge is 0.267 e. The highest BCUT2D eigenvalue weighted by atomic mass is 32.2. The molecule has 0 saturated carbocycles. The first-order valence-electron chi connectivity index (χ1n) is 3.42. The molecule has 12 heavy (non-hydrogen) atoms. The fourth-order valence-corrected chi connectivity index (χ4v) is 0.898. The minimum absolute atomic E-state index is 0.138. The Balaban J connectivity index is 3.64. The van der Waals surface area contributed by atoms with Gasteiger partial charge in [0.2, 0.25) is 0 Å². The molecule has 0 unspecified atom stereocenters. The third-order valence-electron chi connectivity index (χ3n) is 1.01. The van der Waals surface area contributed by atoms with Crippen LogP contribution in [0.5, 0.6) is 0 Å². The molecule has 0 saturated heterocycles. The molecule has 0 spiro atoms. The van der Waals surface area contributed by atoms with Crippen LogP contribution in [0, 0.1) is 0 Å². The van der Waals surface area contributed by atoms with Crippen LogP contribution in [-0.4, -0.2) is 15.0 Å². The van der Waals surface area contributed by atoms with Crippen molar-refractivity contribution >= 4 is 10.1 Å². The first-order chi connectivity index (χ1) is 5.62. The Kier molecular flexibility index (Phi) is 5.32. The lowest BCUT2D eigenvalue weighted by Crippen LogP contribution is -2.01. The Hall–Kier alpha value is -0.870. The molecule has 0 rings (SSSR count). The molecule has 0 aliphatic carbocycles. The molecule has 0 aromatic carbocycles. The van der Waals surface area contributed by atoms with Crippen molar-refractivity contribution in [3.8, 4) is 0 Å². The highest BCUT2D eigenvalue weighted by Gasteiger charge is 2.01. The van der Waals surface area contributed by atoms with Crippen LogP contribution >= 0.6 is 0 Å². The SMILES string of the molecule is C=C/C=C/CCOS(=O)(=O)C=C. The van der Waals surface area contributed by atoms with Crippen molar-refractivity contribution in [2.45, 2.75) is 6.42 Å². The molecule has 0 heterocycles. The summed E-state index contributed by atoms with van der Waals surface area (Å²) in [6.07, 6.45) is 5.65. The maximum absolute atomic E-state index is 10.6. The Morgan fingerprint density at radius 3 is 2.50 bits per heavy atom. The van der Waals surface area contributed by atoms with Crippen molar-refractivity contribution in [3.05, 3.63) is 36.8 Å². The van der Waals surface area contributed by atoms with Crippen LogP contribution in [0.4, 0.5) is 0 Å². The van der Waals surface area contributed by atoms with Crippen molar-refractivity contribution in [2.75, 3.05) is 6.61 Å². The second kappa shape index (κ2) is 5.74. The topological polar surface area (TPSA) is 43.4 Å². The first kappa shape index (κ1) is 11.1. The average Bonchev–Trinajstić information content (AvgIpc) is 2.04. The van der Waals surface area contributed by atoms with Crippen molar-refractivity contribution in [2.24, 2.45) is 0 Å². The molecule has 0 aromatic rings. The fraction of sp³-hybridized carbons (Fsp3) is 0.250. The maximum Gasteiger partial charge on any atom is 0.289 e. The third kappa shape index (κ3) is 5.88. The zero-order chi connectivity index (χ0) is 9.45. The van der Waals surface area contributed by atoms with E-state index in [1.54, 1.807) is 18.2 Å². The molecule has 0 fully saturated rings. The fourth-order valence-electron chi connectivity index (χ4n) is 0.473. The van der Waals surface area contributed by atoms with E-state index in [9.17, 15) is 8.42 Å². The van der Waals surface area contributed by atoms with Gasteiger partial charge < -0.3 is 0 Å². The van der Waals surface area contributed by atoms with Gasteiger partial charge in [0.05, 0.1) is 12.0 Å². The van der Waals surface area contributed by atoms with E-state index in [-0.39, 0.29) is 6.61 Å².